The number of fused-ring (bicyclic) bond motifs is 1. The number of aromatic nitrogens is 3. The number of carboxylic acids is 1. The predicted molar refractivity (Wildman–Crippen MR) is 119 cm³/mol. The molecule has 9 nitrogen and oxygen atoms in total. The third-order valence-corrected chi connectivity index (χ3v) is 4.65. The summed E-state index contributed by atoms with van der Waals surface area (Å²) in [4.78, 5) is 25.0. The molecule has 2 heterocycles. The van der Waals surface area contributed by atoms with Crippen molar-refractivity contribution in [2.24, 2.45) is 0 Å². The van der Waals surface area contributed by atoms with Crippen LogP contribution in [0, 0.1) is 0 Å². The van der Waals surface area contributed by atoms with Crippen molar-refractivity contribution >= 4 is 28.8 Å². The summed E-state index contributed by atoms with van der Waals surface area (Å²) < 4.78 is 10.7. The zero-order valence-electron chi connectivity index (χ0n) is 17.5. The van der Waals surface area contributed by atoms with Gasteiger partial charge in [-0.05, 0) is 37.1 Å². The lowest BCUT2D eigenvalue weighted by Gasteiger charge is -2.16. The van der Waals surface area contributed by atoms with Gasteiger partial charge in [0, 0.05) is 24.4 Å². The Labute approximate surface area is 180 Å². The summed E-state index contributed by atoms with van der Waals surface area (Å²) in [6.07, 6.45) is 4.24. The van der Waals surface area contributed by atoms with Crippen molar-refractivity contribution in [3.8, 4) is 11.5 Å². The maximum absolute atomic E-state index is 11.7. The summed E-state index contributed by atoms with van der Waals surface area (Å²) >= 11 is 0. The highest BCUT2D eigenvalue weighted by Gasteiger charge is 2.19. The first-order valence-electron chi connectivity index (χ1n) is 9.73. The van der Waals surface area contributed by atoms with Crippen LogP contribution in [0.15, 0.2) is 49.2 Å². The summed E-state index contributed by atoms with van der Waals surface area (Å²) in [6, 6.07) is 8.27. The fourth-order valence-electron chi connectivity index (χ4n) is 3.03. The number of hydrogen-bond donors (Lipinski definition) is 3. The Kier molecular flexibility index (Phi) is 7.21. The van der Waals surface area contributed by atoms with Gasteiger partial charge in [-0.3, -0.25) is 4.98 Å². The van der Waals surface area contributed by atoms with E-state index in [1.165, 1.54) is 0 Å². The summed E-state index contributed by atoms with van der Waals surface area (Å²) in [6.45, 7) is 4.05. The van der Waals surface area contributed by atoms with Gasteiger partial charge >= 0.3 is 5.97 Å². The van der Waals surface area contributed by atoms with E-state index in [9.17, 15) is 9.90 Å². The van der Waals surface area contributed by atoms with Crippen LogP contribution < -0.4 is 20.1 Å². The summed E-state index contributed by atoms with van der Waals surface area (Å²) in [7, 11) is 3.19. The summed E-state index contributed by atoms with van der Waals surface area (Å²) in [5.74, 6) is 1.09. The molecule has 0 saturated carbocycles. The van der Waals surface area contributed by atoms with Gasteiger partial charge in [-0.15, -0.1) is 6.58 Å². The van der Waals surface area contributed by atoms with E-state index in [0.29, 0.717) is 53.7 Å². The van der Waals surface area contributed by atoms with Gasteiger partial charge < -0.3 is 25.2 Å². The molecular formula is C22H25N5O4. The van der Waals surface area contributed by atoms with Gasteiger partial charge in [0.15, 0.2) is 5.82 Å². The fraction of sp³-hybridized carbons (Fsp3) is 0.273. The van der Waals surface area contributed by atoms with Crippen molar-refractivity contribution in [3.63, 3.8) is 0 Å². The van der Waals surface area contributed by atoms with Gasteiger partial charge in [0.05, 0.1) is 19.7 Å². The molecule has 0 saturated heterocycles. The van der Waals surface area contributed by atoms with Gasteiger partial charge in [-0.1, -0.05) is 6.08 Å². The Morgan fingerprint density at radius 1 is 1.26 bits per heavy atom. The number of nitrogens with one attached hydrogen (secondary N) is 2. The van der Waals surface area contributed by atoms with Crippen LogP contribution in [-0.4, -0.2) is 46.3 Å². The fourth-order valence-corrected chi connectivity index (χ4v) is 3.03. The van der Waals surface area contributed by atoms with Crippen LogP contribution in [0.4, 0.5) is 11.8 Å². The minimum absolute atomic E-state index is 0.341. The Morgan fingerprint density at radius 3 is 2.81 bits per heavy atom. The van der Waals surface area contributed by atoms with Crippen molar-refractivity contribution in [1.29, 1.82) is 0 Å². The van der Waals surface area contributed by atoms with Gasteiger partial charge in [0.25, 0.3) is 0 Å². The van der Waals surface area contributed by atoms with E-state index in [1.807, 2.05) is 12.1 Å². The van der Waals surface area contributed by atoms with Gasteiger partial charge in [0.2, 0.25) is 5.95 Å². The zero-order valence-corrected chi connectivity index (χ0v) is 17.5. The molecule has 0 aliphatic rings. The number of carboxylic acid groups (broad SMARTS) is 1. The Hall–Kier alpha value is -3.88. The topological polar surface area (TPSA) is 118 Å². The molecule has 3 rings (SSSR count). The Balaban J connectivity index is 1.88. The van der Waals surface area contributed by atoms with Crippen molar-refractivity contribution < 1.29 is 19.4 Å². The average molecular weight is 423 g/mol. The van der Waals surface area contributed by atoms with Gasteiger partial charge in [-0.2, -0.15) is 4.98 Å². The number of pyridine rings is 1. The number of rotatable bonds is 11. The second-order valence-electron chi connectivity index (χ2n) is 6.70. The van der Waals surface area contributed by atoms with Crippen molar-refractivity contribution in [3.05, 3.63) is 54.7 Å². The van der Waals surface area contributed by atoms with E-state index < -0.39 is 12.0 Å². The van der Waals surface area contributed by atoms with Crippen LogP contribution in [0.2, 0.25) is 0 Å². The highest BCUT2D eigenvalue weighted by molar-refractivity contribution is 5.88. The second kappa shape index (κ2) is 10.2. The second-order valence-corrected chi connectivity index (χ2v) is 6.70. The van der Waals surface area contributed by atoms with E-state index in [-0.39, 0.29) is 0 Å². The molecule has 0 spiro atoms. The van der Waals surface area contributed by atoms with Crippen molar-refractivity contribution in [2.45, 2.75) is 25.4 Å². The van der Waals surface area contributed by atoms with Crippen LogP contribution in [0.1, 0.15) is 18.4 Å². The molecule has 1 atom stereocenters. The Bertz CT molecular complexity index is 1070. The Morgan fingerprint density at radius 2 is 2.10 bits per heavy atom. The molecule has 162 valence electrons. The van der Waals surface area contributed by atoms with E-state index in [2.05, 4.69) is 32.2 Å². The smallest absolute Gasteiger partial charge is 0.326 e. The number of allylic oxidation sites excluding steroid dienone is 1. The quantitative estimate of drug-likeness (QED) is 0.398. The molecule has 2 aromatic heterocycles. The molecule has 3 aromatic rings. The number of nitrogens with zero attached hydrogens (tertiary/aromatic N) is 3. The number of hydrogen-bond acceptors (Lipinski definition) is 8. The van der Waals surface area contributed by atoms with E-state index in [1.54, 1.807) is 44.7 Å². The highest BCUT2D eigenvalue weighted by Crippen LogP contribution is 2.26. The number of benzene rings is 1. The predicted octanol–water partition coefficient (Wildman–Crippen LogP) is 3.49. The molecule has 0 unspecified atom stereocenters. The standard InChI is InChI=1S/C22H25N5O4/c1-4-5-7-17(21(28)29)25-20-19-16(8-6-11-23-19)26-22(27-20)24-13-14-9-10-15(30-2)12-18(14)31-3/h4,6,8-12,17H,1,5,7,13H2,2-3H3,(H,28,29)(H2,24,25,26,27)/t17-/m1/s1. The van der Waals surface area contributed by atoms with Gasteiger partial charge in [0.1, 0.15) is 23.1 Å². The molecule has 0 aliphatic carbocycles. The zero-order chi connectivity index (χ0) is 22.2. The summed E-state index contributed by atoms with van der Waals surface area (Å²) in [5.41, 5.74) is 1.99. The van der Waals surface area contributed by atoms with Crippen LogP contribution in [0.3, 0.4) is 0 Å². The largest absolute Gasteiger partial charge is 0.497 e. The number of aliphatic carboxylic acids is 1. The SMILES string of the molecule is C=CCC[C@@H](Nc1nc(NCc2ccc(OC)cc2OC)nc2cccnc12)C(=O)O. The maximum Gasteiger partial charge on any atom is 0.326 e. The third-order valence-electron chi connectivity index (χ3n) is 4.65. The van der Waals surface area contributed by atoms with Crippen LogP contribution in [-0.2, 0) is 11.3 Å². The monoisotopic (exact) mass is 423 g/mol. The maximum atomic E-state index is 11.7. The van der Waals surface area contributed by atoms with Crippen molar-refractivity contribution in [1.82, 2.24) is 15.0 Å². The third kappa shape index (κ3) is 5.39. The molecule has 1 aromatic carbocycles. The molecule has 9 heteroatoms. The molecular weight excluding hydrogens is 398 g/mol. The van der Waals surface area contributed by atoms with Crippen LogP contribution in [0.25, 0.3) is 11.0 Å². The van der Waals surface area contributed by atoms with E-state index >= 15 is 0 Å². The van der Waals surface area contributed by atoms with E-state index in [4.69, 9.17) is 9.47 Å². The lowest BCUT2D eigenvalue weighted by molar-refractivity contribution is -0.138. The first-order chi connectivity index (χ1) is 15.0. The molecule has 0 radical (unpaired) electrons. The highest BCUT2D eigenvalue weighted by atomic mass is 16.5. The minimum Gasteiger partial charge on any atom is -0.497 e. The average Bonchev–Trinajstić information content (AvgIpc) is 2.79. The van der Waals surface area contributed by atoms with Crippen LogP contribution >= 0.6 is 0 Å². The van der Waals surface area contributed by atoms with Crippen LogP contribution in [0.5, 0.6) is 11.5 Å². The van der Waals surface area contributed by atoms with Gasteiger partial charge in [-0.25, -0.2) is 9.78 Å². The van der Waals surface area contributed by atoms with Crippen molar-refractivity contribution in [2.75, 3.05) is 24.9 Å². The number of methoxy groups -OCH3 is 2. The molecule has 3 N–H and O–H groups in total. The molecule has 0 aliphatic heterocycles. The molecule has 31 heavy (non-hydrogen) atoms. The summed E-state index contributed by atoms with van der Waals surface area (Å²) in [5, 5.41) is 15.7. The number of carbonyl (C=O) groups is 1. The number of ether oxygens (including phenoxy) is 2. The first-order valence-corrected chi connectivity index (χ1v) is 9.73. The van der Waals surface area contributed by atoms with E-state index in [0.717, 1.165) is 5.56 Å². The lowest BCUT2D eigenvalue weighted by Crippen LogP contribution is -2.29. The lowest BCUT2D eigenvalue weighted by atomic mass is 10.1. The number of anilines is 2. The molecule has 0 amide bonds. The molecule has 0 fully saturated rings. The normalized spacial score (nSPS) is 11.5. The minimum atomic E-state index is -0.970. The molecule has 0 bridgehead atoms. The first kappa shape index (κ1) is 21.8.